The van der Waals surface area contributed by atoms with Gasteiger partial charge in [0.2, 0.25) is 0 Å². The average Bonchev–Trinajstić information content (AvgIpc) is 2.30. The van der Waals surface area contributed by atoms with Crippen LogP contribution < -0.4 is 0 Å². The van der Waals surface area contributed by atoms with Gasteiger partial charge in [-0.15, -0.1) is 9.24 Å². The molecule has 0 rings (SSSR count). The van der Waals surface area contributed by atoms with Gasteiger partial charge in [-0.2, -0.15) is 0 Å². The molecule has 0 aromatic heterocycles. The van der Waals surface area contributed by atoms with Crippen LogP contribution in [0.5, 0.6) is 0 Å². The van der Waals surface area contributed by atoms with E-state index in [0.717, 1.165) is 5.66 Å². The highest BCUT2D eigenvalue weighted by Crippen LogP contribution is 2.14. The van der Waals surface area contributed by atoms with Gasteiger partial charge in [0, 0.05) is 0 Å². The maximum Gasteiger partial charge on any atom is -0.0293 e. The first-order chi connectivity index (χ1) is 8.27. The van der Waals surface area contributed by atoms with Crippen molar-refractivity contribution in [3.05, 3.63) is 0 Å². The lowest BCUT2D eigenvalue weighted by Crippen LogP contribution is -1.89. The van der Waals surface area contributed by atoms with E-state index in [-0.39, 0.29) is 0 Å². The highest BCUT2D eigenvalue weighted by Gasteiger charge is 1.95. The molecule has 0 aromatic rings. The Morgan fingerprint density at radius 1 is 0.647 bits per heavy atom. The number of unbranched alkanes of at least 4 members (excludes halogenated alkanes) is 11. The van der Waals surface area contributed by atoms with Crippen molar-refractivity contribution in [3.8, 4) is 0 Å². The predicted octanol–water partition coefficient (Wildman–Crippen LogP) is 6.34. The van der Waals surface area contributed by atoms with E-state index in [9.17, 15) is 0 Å². The summed E-state index contributed by atoms with van der Waals surface area (Å²) in [6.45, 7) is 4.58. The van der Waals surface area contributed by atoms with E-state index in [1.54, 1.807) is 0 Å². The summed E-state index contributed by atoms with van der Waals surface area (Å²) in [5.74, 6) is 0. The molecule has 17 heavy (non-hydrogen) atoms. The minimum absolute atomic E-state index is 0.818. The zero-order valence-electron chi connectivity index (χ0n) is 12.3. The third-order valence-corrected chi connectivity index (χ3v) is 3.85. The van der Waals surface area contributed by atoms with E-state index in [1.165, 1.54) is 83.5 Å². The van der Waals surface area contributed by atoms with Gasteiger partial charge < -0.3 is 0 Å². The molecule has 0 fully saturated rings. The van der Waals surface area contributed by atoms with Crippen molar-refractivity contribution >= 4 is 9.24 Å². The zero-order chi connectivity index (χ0) is 12.8. The largest absolute Gasteiger partial charge is 0.135 e. The van der Waals surface area contributed by atoms with E-state index >= 15 is 0 Å². The minimum atomic E-state index is 0.818. The molecular weight excluding hydrogens is 223 g/mol. The first kappa shape index (κ1) is 17.4. The summed E-state index contributed by atoms with van der Waals surface area (Å²) in [5, 5.41) is 0. The molecule has 0 bridgehead atoms. The molecule has 0 radical (unpaired) electrons. The summed E-state index contributed by atoms with van der Waals surface area (Å²) in [5.41, 5.74) is 0.818. The third-order valence-electron chi connectivity index (χ3n) is 3.51. The van der Waals surface area contributed by atoms with E-state index in [4.69, 9.17) is 0 Å². The monoisotopic (exact) mass is 258 g/mol. The maximum atomic E-state index is 2.90. The number of hydrogen-bond donors (Lipinski definition) is 0. The van der Waals surface area contributed by atoms with Gasteiger partial charge in [0.15, 0.2) is 0 Å². The van der Waals surface area contributed by atoms with Crippen molar-refractivity contribution in [2.75, 3.05) is 0 Å². The molecule has 2 unspecified atom stereocenters. The number of hydrogen-bond acceptors (Lipinski definition) is 0. The Morgan fingerprint density at radius 2 is 1.00 bits per heavy atom. The average molecular weight is 258 g/mol. The quantitative estimate of drug-likeness (QED) is 0.267. The molecule has 1 heteroatoms. The van der Waals surface area contributed by atoms with Gasteiger partial charge in [0.1, 0.15) is 0 Å². The molecule has 0 aliphatic rings. The van der Waals surface area contributed by atoms with Crippen LogP contribution in [0.2, 0.25) is 0 Å². The number of rotatable bonds is 13. The van der Waals surface area contributed by atoms with Crippen molar-refractivity contribution in [1.82, 2.24) is 0 Å². The molecule has 0 aliphatic heterocycles. The summed E-state index contributed by atoms with van der Waals surface area (Å²) < 4.78 is 0. The molecule has 104 valence electrons. The van der Waals surface area contributed by atoms with Crippen LogP contribution in [0.3, 0.4) is 0 Å². The van der Waals surface area contributed by atoms with Crippen molar-refractivity contribution in [2.24, 2.45) is 0 Å². The first-order valence-electron chi connectivity index (χ1n) is 8.03. The highest BCUT2D eigenvalue weighted by molar-refractivity contribution is 7.17. The Hall–Kier alpha value is 0.430. The van der Waals surface area contributed by atoms with E-state index in [1.807, 2.05) is 0 Å². The smallest absolute Gasteiger partial charge is 0.0293 e. The van der Waals surface area contributed by atoms with Crippen LogP contribution in [0.15, 0.2) is 0 Å². The SMILES string of the molecule is CCCCCCCCCCCCCCC(C)P. The summed E-state index contributed by atoms with van der Waals surface area (Å²) in [7, 11) is 2.90. The molecule has 0 heterocycles. The predicted molar refractivity (Wildman–Crippen MR) is 84.9 cm³/mol. The molecule has 0 aliphatic carbocycles. The normalized spacial score (nSPS) is 12.9. The van der Waals surface area contributed by atoms with Gasteiger partial charge in [-0.1, -0.05) is 90.9 Å². The van der Waals surface area contributed by atoms with Crippen LogP contribution in [-0.4, -0.2) is 5.66 Å². The molecule has 0 aromatic carbocycles. The van der Waals surface area contributed by atoms with Crippen LogP contribution in [0.4, 0.5) is 0 Å². The zero-order valence-corrected chi connectivity index (χ0v) is 13.5. The molecule has 0 spiro atoms. The summed E-state index contributed by atoms with van der Waals surface area (Å²) in [6.07, 6.45) is 18.9. The maximum absolute atomic E-state index is 2.90. The Labute approximate surface area is 113 Å². The van der Waals surface area contributed by atoms with Gasteiger partial charge in [0.05, 0.1) is 0 Å². The van der Waals surface area contributed by atoms with Gasteiger partial charge in [-0.3, -0.25) is 0 Å². The van der Waals surface area contributed by atoms with Gasteiger partial charge in [-0.25, -0.2) is 0 Å². The van der Waals surface area contributed by atoms with Gasteiger partial charge in [0.25, 0.3) is 0 Å². The summed E-state index contributed by atoms with van der Waals surface area (Å²) in [4.78, 5) is 0. The Morgan fingerprint density at radius 3 is 1.35 bits per heavy atom. The summed E-state index contributed by atoms with van der Waals surface area (Å²) in [6, 6.07) is 0. The summed E-state index contributed by atoms with van der Waals surface area (Å²) >= 11 is 0. The lowest BCUT2D eigenvalue weighted by molar-refractivity contribution is 0.539. The van der Waals surface area contributed by atoms with Crippen LogP contribution >= 0.6 is 9.24 Å². The van der Waals surface area contributed by atoms with E-state index in [2.05, 4.69) is 23.1 Å². The minimum Gasteiger partial charge on any atom is -0.135 e. The van der Waals surface area contributed by atoms with E-state index in [0.29, 0.717) is 0 Å². The molecule has 0 saturated heterocycles. The molecule has 0 nitrogen and oxygen atoms in total. The van der Waals surface area contributed by atoms with Gasteiger partial charge in [-0.05, 0) is 12.1 Å². The second kappa shape index (κ2) is 14.5. The third kappa shape index (κ3) is 16.4. The van der Waals surface area contributed by atoms with Crippen LogP contribution in [0.25, 0.3) is 0 Å². The Balaban J connectivity index is 2.89. The fraction of sp³-hybridized carbons (Fsp3) is 1.00. The van der Waals surface area contributed by atoms with Gasteiger partial charge >= 0.3 is 0 Å². The second-order valence-electron chi connectivity index (χ2n) is 5.66. The van der Waals surface area contributed by atoms with Crippen LogP contribution in [0, 0.1) is 0 Å². The molecule has 0 amide bonds. The Bertz CT molecular complexity index is 131. The lowest BCUT2D eigenvalue weighted by Gasteiger charge is -2.04. The van der Waals surface area contributed by atoms with Crippen molar-refractivity contribution in [2.45, 2.75) is 103 Å². The van der Waals surface area contributed by atoms with Crippen molar-refractivity contribution in [1.29, 1.82) is 0 Å². The fourth-order valence-electron chi connectivity index (χ4n) is 2.31. The lowest BCUT2D eigenvalue weighted by atomic mass is 10.0. The van der Waals surface area contributed by atoms with Crippen molar-refractivity contribution < 1.29 is 0 Å². The fourth-order valence-corrected chi connectivity index (χ4v) is 2.54. The molecular formula is C16H35P. The second-order valence-corrected chi connectivity index (χ2v) is 6.79. The topological polar surface area (TPSA) is 0 Å². The van der Waals surface area contributed by atoms with Crippen LogP contribution in [-0.2, 0) is 0 Å². The Kier molecular flexibility index (Phi) is 14.9. The highest BCUT2D eigenvalue weighted by atomic mass is 31.0. The van der Waals surface area contributed by atoms with Crippen LogP contribution in [0.1, 0.15) is 97.3 Å². The molecule has 0 N–H and O–H groups in total. The standard InChI is InChI=1S/C16H35P/c1-3-4-5-6-7-8-9-10-11-12-13-14-15-16(2)17/h16H,3-15,17H2,1-2H3. The first-order valence-corrected chi connectivity index (χ1v) is 8.69. The van der Waals surface area contributed by atoms with Crippen molar-refractivity contribution in [3.63, 3.8) is 0 Å². The molecule has 0 saturated carbocycles. The van der Waals surface area contributed by atoms with E-state index < -0.39 is 0 Å². The molecule has 2 atom stereocenters.